The lowest BCUT2D eigenvalue weighted by Crippen LogP contribution is -2.07. The van der Waals surface area contributed by atoms with Crippen molar-refractivity contribution in [3.8, 4) is 0 Å². The standard InChI is InChI=1S/C11H14O2S/c1-4-8-6-5-7-9(14-3)10(8)11(12)13-2/h5-7H,4H2,1-3H3. The molecule has 0 aliphatic carbocycles. The molecule has 0 spiro atoms. The van der Waals surface area contributed by atoms with Crippen molar-refractivity contribution in [1.82, 2.24) is 0 Å². The number of rotatable bonds is 3. The van der Waals surface area contributed by atoms with Crippen LogP contribution in [0.3, 0.4) is 0 Å². The summed E-state index contributed by atoms with van der Waals surface area (Å²) < 4.78 is 4.77. The predicted molar refractivity (Wildman–Crippen MR) is 58.9 cm³/mol. The van der Waals surface area contributed by atoms with Crippen molar-refractivity contribution in [3.63, 3.8) is 0 Å². The van der Waals surface area contributed by atoms with Crippen LogP contribution in [0, 0.1) is 0 Å². The van der Waals surface area contributed by atoms with Crippen LogP contribution in [0.25, 0.3) is 0 Å². The van der Waals surface area contributed by atoms with Crippen molar-refractivity contribution in [2.24, 2.45) is 0 Å². The largest absolute Gasteiger partial charge is 0.465 e. The second-order valence-corrected chi connectivity index (χ2v) is 3.69. The minimum absolute atomic E-state index is 0.244. The molecule has 0 unspecified atom stereocenters. The molecule has 0 bridgehead atoms. The molecule has 76 valence electrons. The van der Waals surface area contributed by atoms with Crippen LogP contribution in [0.4, 0.5) is 0 Å². The zero-order valence-electron chi connectivity index (χ0n) is 8.66. The van der Waals surface area contributed by atoms with Gasteiger partial charge in [-0.15, -0.1) is 11.8 Å². The molecule has 1 aromatic rings. The molecule has 14 heavy (non-hydrogen) atoms. The number of benzene rings is 1. The molecule has 1 rings (SSSR count). The number of esters is 1. The van der Waals surface area contributed by atoms with Crippen molar-refractivity contribution >= 4 is 17.7 Å². The summed E-state index contributed by atoms with van der Waals surface area (Å²) in [6, 6.07) is 5.87. The molecule has 0 aromatic heterocycles. The fourth-order valence-electron chi connectivity index (χ4n) is 1.38. The Labute approximate surface area is 88.7 Å². The van der Waals surface area contributed by atoms with Gasteiger partial charge in [0.15, 0.2) is 0 Å². The predicted octanol–water partition coefficient (Wildman–Crippen LogP) is 2.76. The molecule has 0 radical (unpaired) electrons. The average molecular weight is 210 g/mol. The number of aryl methyl sites for hydroxylation is 1. The zero-order valence-corrected chi connectivity index (χ0v) is 9.48. The van der Waals surface area contributed by atoms with E-state index in [0.29, 0.717) is 5.56 Å². The van der Waals surface area contributed by atoms with E-state index in [1.165, 1.54) is 7.11 Å². The van der Waals surface area contributed by atoms with Crippen molar-refractivity contribution in [3.05, 3.63) is 29.3 Å². The van der Waals surface area contributed by atoms with Gasteiger partial charge in [-0.3, -0.25) is 0 Å². The third-order valence-electron chi connectivity index (χ3n) is 2.10. The Morgan fingerprint density at radius 2 is 2.21 bits per heavy atom. The minimum atomic E-state index is -0.244. The lowest BCUT2D eigenvalue weighted by atomic mass is 10.1. The smallest absolute Gasteiger partial charge is 0.339 e. The summed E-state index contributed by atoms with van der Waals surface area (Å²) in [4.78, 5) is 12.5. The van der Waals surface area contributed by atoms with E-state index < -0.39 is 0 Å². The number of carbonyl (C=O) groups is 1. The van der Waals surface area contributed by atoms with E-state index in [9.17, 15) is 4.79 Å². The molecule has 2 nitrogen and oxygen atoms in total. The summed E-state index contributed by atoms with van der Waals surface area (Å²) in [5.41, 5.74) is 1.76. The topological polar surface area (TPSA) is 26.3 Å². The zero-order chi connectivity index (χ0) is 10.6. The molecule has 1 aromatic carbocycles. The van der Waals surface area contributed by atoms with Gasteiger partial charge in [-0.25, -0.2) is 4.79 Å². The Morgan fingerprint density at radius 1 is 1.50 bits per heavy atom. The summed E-state index contributed by atoms with van der Waals surface area (Å²) in [6.45, 7) is 2.03. The first-order valence-corrected chi connectivity index (χ1v) is 5.71. The van der Waals surface area contributed by atoms with Gasteiger partial charge in [0.2, 0.25) is 0 Å². The maximum Gasteiger partial charge on any atom is 0.339 e. The first-order valence-electron chi connectivity index (χ1n) is 4.48. The highest BCUT2D eigenvalue weighted by molar-refractivity contribution is 7.98. The fraction of sp³-hybridized carbons (Fsp3) is 0.364. The Balaban J connectivity index is 3.25. The molecule has 0 N–H and O–H groups in total. The second kappa shape index (κ2) is 5.05. The summed E-state index contributed by atoms with van der Waals surface area (Å²) in [5, 5.41) is 0. The van der Waals surface area contributed by atoms with E-state index in [1.54, 1.807) is 11.8 Å². The van der Waals surface area contributed by atoms with E-state index in [2.05, 4.69) is 0 Å². The van der Waals surface area contributed by atoms with Crippen LogP contribution in [0.15, 0.2) is 23.1 Å². The lowest BCUT2D eigenvalue weighted by molar-refractivity contribution is 0.0595. The Bertz CT molecular complexity index is 312. The summed E-state index contributed by atoms with van der Waals surface area (Å²) in [6.07, 6.45) is 2.81. The van der Waals surface area contributed by atoms with Gasteiger partial charge in [-0.1, -0.05) is 19.1 Å². The van der Waals surface area contributed by atoms with Gasteiger partial charge < -0.3 is 4.74 Å². The van der Waals surface area contributed by atoms with Gasteiger partial charge in [-0.2, -0.15) is 0 Å². The van der Waals surface area contributed by atoms with Gasteiger partial charge >= 0.3 is 5.97 Å². The second-order valence-electron chi connectivity index (χ2n) is 2.84. The number of thioether (sulfide) groups is 1. The number of carbonyl (C=O) groups excluding carboxylic acids is 1. The van der Waals surface area contributed by atoms with Crippen molar-refractivity contribution in [2.75, 3.05) is 13.4 Å². The molecule has 0 aliphatic rings. The average Bonchev–Trinajstić information content (AvgIpc) is 2.26. The van der Waals surface area contributed by atoms with Crippen LogP contribution in [0.1, 0.15) is 22.8 Å². The van der Waals surface area contributed by atoms with Gasteiger partial charge in [-0.05, 0) is 24.3 Å². The van der Waals surface area contributed by atoms with Crippen LogP contribution in [-0.4, -0.2) is 19.3 Å². The fourth-order valence-corrected chi connectivity index (χ4v) is 2.01. The minimum Gasteiger partial charge on any atom is -0.465 e. The monoisotopic (exact) mass is 210 g/mol. The van der Waals surface area contributed by atoms with E-state index in [0.717, 1.165) is 16.9 Å². The molecular weight excluding hydrogens is 196 g/mol. The van der Waals surface area contributed by atoms with Crippen LogP contribution >= 0.6 is 11.8 Å². The van der Waals surface area contributed by atoms with Gasteiger partial charge in [0, 0.05) is 4.90 Å². The van der Waals surface area contributed by atoms with Crippen LogP contribution < -0.4 is 0 Å². The number of hydrogen-bond donors (Lipinski definition) is 0. The highest BCUT2D eigenvalue weighted by Crippen LogP contribution is 2.24. The molecular formula is C11H14O2S. The Kier molecular flexibility index (Phi) is 4.01. The molecule has 0 aliphatic heterocycles. The SMILES string of the molecule is CCc1cccc(SC)c1C(=O)OC. The normalized spacial score (nSPS) is 9.93. The molecule has 0 fully saturated rings. The van der Waals surface area contributed by atoms with Crippen molar-refractivity contribution < 1.29 is 9.53 Å². The van der Waals surface area contributed by atoms with Crippen LogP contribution in [-0.2, 0) is 11.2 Å². The van der Waals surface area contributed by atoms with Gasteiger partial charge in [0.1, 0.15) is 0 Å². The summed E-state index contributed by atoms with van der Waals surface area (Å²) in [7, 11) is 1.42. The van der Waals surface area contributed by atoms with Gasteiger partial charge in [0.25, 0.3) is 0 Å². The molecule has 3 heteroatoms. The maximum atomic E-state index is 11.5. The highest BCUT2D eigenvalue weighted by atomic mass is 32.2. The van der Waals surface area contributed by atoms with Crippen molar-refractivity contribution in [1.29, 1.82) is 0 Å². The third kappa shape index (κ3) is 2.10. The molecule has 0 atom stereocenters. The van der Waals surface area contributed by atoms with E-state index >= 15 is 0 Å². The van der Waals surface area contributed by atoms with Crippen LogP contribution in [0.5, 0.6) is 0 Å². The van der Waals surface area contributed by atoms with E-state index in [1.807, 2.05) is 31.4 Å². The first-order chi connectivity index (χ1) is 6.74. The highest BCUT2D eigenvalue weighted by Gasteiger charge is 2.14. The van der Waals surface area contributed by atoms with Crippen LogP contribution in [0.2, 0.25) is 0 Å². The Morgan fingerprint density at radius 3 is 2.71 bits per heavy atom. The third-order valence-corrected chi connectivity index (χ3v) is 2.88. The first kappa shape index (κ1) is 11.1. The summed E-state index contributed by atoms with van der Waals surface area (Å²) >= 11 is 1.57. The number of hydrogen-bond acceptors (Lipinski definition) is 3. The quantitative estimate of drug-likeness (QED) is 0.567. The number of methoxy groups -OCH3 is 1. The van der Waals surface area contributed by atoms with E-state index in [4.69, 9.17) is 4.74 Å². The number of ether oxygens (including phenoxy) is 1. The molecule has 0 saturated heterocycles. The molecule has 0 amide bonds. The summed E-state index contributed by atoms with van der Waals surface area (Å²) in [5.74, 6) is -0.244. The van der Waals surface area contributed by atoms with E-state index in [-0.39, 0.29) is 5.97 Å². The Hall–Kier alpha value is -0.960. The lowest BCUT2D eigenvalue weighted by Gasteiger charge is -2.09. The molecule has 0 saturated carbocycles. The molecule has 0 heterocycles. The maximum absolute atomic E-state index is 11.5. The van der Waals surface area contributed by atoms with Crippen molar-refractivity contribution in [2.45, 2.75) is 18.2 Å². The van der Waals surface area contributed by atoms with Gasteiger partial charge in [0.05, 0.1) is 12.7 Å².